The minimum atomic E-state index is -0.0741. The monoisotopic (exact) mass is 262 g/mol. The van der Waals surface area contributed by atoms with Gasteiger partial charge < -0.3 is 10.5 Å². The zero-order chi connectivity index (χ0) is 13.1. The molecule has 94 valence electrons. The highest BCUT2D eigenvalue weighted by Gasteiger charge is 2.07. The fourth-order valence-corrected chi connectivity index (χ4v) is 2.12. The van der Waals surface area contributed by atoms with Gasteiger partial charge in [-0.05, 0) is 30.2 Å². The zero-order valence-corrected chi connectivity index (χ0v) is 11.1. The van der Waals surface area contributed by atoms with E-state index in [1.165, 1.54) is 0 Å². The van der Waals surface area contributed by atoms with Crippen molar-refractivity contribution in [1.82, 2.24) is 4.98 Å². The lowest BCUT2D eigenvalue weighted by Gasteiger charge is -2.10. The number of ether oxygens (including phenoxy) is 1. The largest absolute Gasteiger partial charge is 0.495 e. The quantitative estimate of drug-likeness (QED) is 0.922. The Labute approximate surface area is 112 Å². The Bertz CT molecular complexity index is 555. The van der Waals surface area contributed by atoms with Crippen LogP contribution in [0.3, 0.4) is 0 Å². The maximum absolute atomic E-state index is 6.22. The summed E-state index contributed by atoms with van der Waals surface area (Å²) < 4.78 is 5.15. The van der Waals surface area contributed by atoms with Crippen molar-refractivity contribution < 1.29 is 4.74 Å². The first-order valence-corrected chi connectivity index (χ1v) is 6.04. The number of pyridine rings is 1. The van der Waals surface area contributed by atoms with E-state index in [1.807, 2.05) is 31.2 Å². The van der Waals surface area contributed by atoms with Crippen LogP contribution in [0, 0.1) is 0 Å². The molecule has 0 aliphatic rings. The average molecular weight is 263 g/mol. The number of rotatable bonds is 3. The first-order chi connectivity index (χ1) is 8.61. The van der Waals surface area contributed by atoms with Gasteiger partial charge in [0.2, 0.25) is 0 Å². The first kappa shape index (κ1) is 12.9. The molecule has 0 spiro atoms. The van der Waals surface area contributed by atoms with Crippen LogP contribution < -0.4 is 10.5 Å². The predicted molar refractivity (Wildman–Crippen MR) is 73.8 cm³/mol. The molecule has 1 aromatic heterocycles. The van der Waals surface area contributed by atoms with Crippen molar-refractivity contribution in [1.29, 1.82) is 0 Å². The molecule has 0 amide bonds. The Kier molecular flexibility index (Phi) is 3.84. The zero-order valence-electron chi connectivity index (χ0n) is 10.4. The molecule has 3 nitrogen and oxygen atoms in total. The average Bonchev–Trinajstić information content (AvgIpc) is 2.38. The van der Waals surface area contributed by atoms with E-state index in [4.69, 9.17) is 22.1 Å². The fraction of sp³-hybridized carbons (Fsp3) is 0.214. The standard InChI is InChI=1S/C14H15ClN2O/c1-9(16)13-4-3-10(6-14(13)15)11-5-12(18-2)8-17-7-11/h3-9H,16H2,1-2H3. The fourth-order valence-electron chi connectivity index (χ4n) is 1.76. The summed E-state index contributed by atoms with van der Waals surface area (Å²) in [4.78, 5) is 4.13. The molecule has 2 aromatic rings. The third-order valence-corrected chi connectivity index (χ3v) is 3.10. The van der Waals surface area contributed by atoms with Crippen molar-refractivity contribution >= 4 is 11.6 Å². The van der Waals surface area contributed by atoms with Crippen LogP contribution in [0.5, 0.6) is 5.75 Å². The second-order valence-corrected chi connectivity index (χ2v) is 4.55. The van der Waals surface area contributed by atoms with Crippen molar-refractivity contribution in [3.8, 4) is 16.9 Å². The lowest BCUT2D eigenvalue weighted by atomic mass is 10.0. The van der Waals surface area contributed by atoms with Crippen LogP contribution in [-0.4, -0.2) is 12.1 Å². The molecule has 2 N–H and O–H groups in total. The van der Waals surface area contributed by atoms with Crippen LogP contribution in [-0.2, 0) is 0 Å². The van der Waals surface area contributed by atoms with Gasteiger partial charge in [0.05, 0.1) is 13.3 Å². The molecule has 1 aromatic carbocycles. The van der Waals surface area contributed by atoms with Gasteiger partial charge in [-0.2, -0.15) is 0 Å². The van der Waals surface area contributed by atoms with Crippen molar-refractivity contribution in [3.63, 3.8) is 0 Å². The van der Waals surface area contributed by atoms with E-state index in [0.717, 1.165) is 22.4 Å². The molecular weight excluding hydrogens is 248 g/mol. The molecule has 2 rings (SSSR count). The molecule has 0 aliphatic heterocycles. The highest BCUT2D eigenvalue weighted by atomic mass is 35.5. The lowest BCUT2D eigenvalue weighted by molar-refractivity contribution is 0.413. The summed E-state index contributed by atoms with van der Waals surface area (Å²) in [5, 5.41) is 0.672. The second kappa shape index (κ2) is 5.38. The third kappa shape index (κ3) is 2.63. The van der Waals surface area contributed by atoms with Crippen LogP contribution in [0.1, 0.15) is 18.5 Å². The van der Waals surface area contributed by atoms with E-state index in [-0.39, 0.29) is 6.04 Å². The summed E-state index contributed by atoms with van der Waals surface area (Å²) in [6.45, 7) is 1.91. The molecule has 1 atom stereocenters. The van der Waals surface area contributed by atoms with Gasteiger partial charge in [-0.15, -0.1) is 0 Å². The molecule has 0 fully saturated rings. The van der Waals surface area contributed by atoms with Gasteiger partial charge in [0, 0.05) is 22.8 Å². The minimum absolute atomic E-state index is 0.0741. The topological polar surface area (TPSA) is 48.1 Å². The molecule has 0 radical (unpaired) electrons. The van der Waals surface area contributed by atoms with E-state index in [1.54, 1.807) is 19.5 Å². The Morgan fingerprint density at radius 3 is 2.61 bits per heavy atom. The molecule has 0 saturated carbocycles. The van der Waals surface area contributed by atoms with E-state index in [0.29, 0.717) is 5.02 Å². The van der Waals surface area contributed by atoms with Crippen molar-refractivity contribution in [2.45, 2.75) is 13.0 Å². The Balaban J connectivity index is 2.42. The molecule has 1 heterocycles. The summed E-state index contributed by atoms with van der Waals surface area (Å²) >= 11 is 6.22. The molecule has 0 bridgehead atoms. The van der Waals surface area contributed by atoms with Crippen LogP contribution in [0.2, 0.25) is 5.02 Å². The SMILES string of the molecule is COc1cncc(-c2ccc(C(C)N)c(Cl)c2)c1. The van der Waals surface area contributed by atoms with Gasteiger partial charge in [-0.3, -0.25) is 4.98 Å². The van der Waals surface area contributed by atoms with Gasteiger partial charge in [0.1, 0.15) is 5.75 Å². The summed E-state index contributed by atoms with van der Waals surface area (Å²) in [5.74, 6) is 0.722. The number of nitrogens with zero attached hydrogens (tertiary/aromatic N) is 1. The van der Waals surface area contributed by atoms with Gasteiger partial charge in [0.15, 0.2) is 0 Å². The summed E-state index contributed by atoms with van der Waals surface area (Å²) in [6.07, 6.45) is 3.45. The molecule has 0 aliphatic carbocycles. The predicted octanol–water partition coefficient (Wildman–Crippen LogP) is 3.43. The van der Waals surface area contributed by atoms with Crippen molar-refractivity contribution in [2.75, 3.05) is 7.11 Å². The number of benzene rings is 1. The maximum Gasteiger partial charge on any atom is 0.137 e. The molecule has 4 heteroatoms. The molecular formula is C14H15ClN2O. The van der Waals surface area contributed by atoms with Crippen molar-refractivity contribution in [2.24, 2.45) is 5.73 Å². The number of nitrogens with two attached hydrogens (primary N) is 1. The maximum atomic E-state index is 6.22. The summed E-state index contributed by atoms with van der Waals surface area (Å²) in [6, 6.07) is 7.68. The van der Waals surface area contributed by atoms with Crippen LogP contribution in [0.15, 0.2) is 36.7 Å². The Morgan fingerprint density at radius 1 is 1.22 bits per heavy atom. The van der Waals surface area contributed by atoms with Crippen LogP contribution >= 0.6 is 11.6 Å². The molecule has 0 saturated heterocycles. The number of aromatic nitrogens is 1. The van der Waals surface area contributed by atoms with Crippen LogP contribution in [0.4, 0.5) is 0 Å². The highest BCUT2D eigenvalue weighted by Crippen LogP contribution is 2.29. The van der Waals surface area contributed by atoms with Gasteiger partial charge in [-0.1, -0.05) is 23.7 Å². The van der Waals surface area contributed by atoms with Crippen molar-refractivity contribution in [3.05, 3.63) is 47.2 Å². The normalized spacial score (nSPS) is 12.2. The number of hydrogen-bond donors (Lipinski definition) is 1. The summed E-state index contributed by atoms with van der Waals surface area (Å²) in [7, 11) is 1.62. The van der Waals surface area contributed by atoms with E-state index in [9.17, 15) is 0 Å². The van der Waals surface area contributed by atoms with E-state index in [2.05, 4.69) is 4.98 Å². The lowest BCUT2D eigenvalue weighted by Crippen LogP contribution is -2.05. The second-order valence-electron chi connectivity index (χ2n) is 4.14. The van der Waals surface area contributed by atoms with Gasteiger partial charge in [0.25, 0.3) is 0 Å². The highest BCUT2D eigenvalue weighted by molar-refractivity contribution is 6.31. The van der Waals surface area contributed by atoms with E-state index >= 15 is 0 Å². The third-order valence-electron chi connectivity index (χ3n) is 2.77. The first-order valence-electron chi connectivity index (χ1n) is 5.66. The minimum Gasteiger partial charge on any atom is -0.495 e. The Hall–Kier alpha value is -1.58. The molecule has 1 unspecified atom stereocenters. The number of hydrogen-bond acceptors (Lipinski definition) is 3. The van der Waals surface area contributed by atoms with E-state index < -0.39 is 0 Å². The summed E-state index contributed by atoms with van der Waals surface area (Å²) in [5.41, 5.74) is 8.73. The molecule has 18 heavy (non-hydrogen) atoms. The van der Waals surface area contributed by atoms with Crippen LogP contribution in [0.25, 0.3) is 11.1 Å². The smallest absolute Gasteiger partial charge is 0.137 e. The number of halogens is 1. The van der Waals surface area contributed by atoms with Gasteiger partial charge >= 0.3 is 0 Å². The number of methoxy groups -OCH3 is 1. The Morgan fingerprint density at radius 2 is 2.00 bits per heavy atom. The van der Waals surface area contributed by atoms with Gasteiger partial charge in [-0.25, -0.2) is 0 Å².